The Kier molecular flexibility index (Phi) is 6.56. The molecular formula is C24H32N4O4. The number of carbonyl (C=O) groups excluding carboxylic acids is 2. The van der Waals surface area contributed by atoms with Crippen LogP contribution in [0.2, 0.25) is 0 Å². The second-order valence-electron chi connectivity index (χ2n) is 9.28. The van der Waals surface area contributed by atoms with E-state index in [1.807, 2.05) is 13.0 Å². The quantitative estimate of drug-likeness (QED) is 0.699. The molecule has 32 heavy (non-hydrogen) atoms. The first kappa shape index (κ1) is 22.4. The zero-order chi connectivity index (χ0) is 22.7. The maximum atomic E-state index is 13.5. The largest absolute Gasteiger partial charge is 0.436 e. The van der Waals surface area contributed by atoms with Crippen LogP contribution < -0.4 is 10.2 Å². The van der Waals surface area contributed by atoms with Crippen molar-refractivity contribution in [1.82, 2.24) is 9.88 Å². The van der Waals surface area contributed by atoms with Crippen molar-refractivity contribution in [2.75, 3.05) is 36.5 Å². The van der Waals surface area contributed by atoms with E-state index in [9.17, 15) is 14.7 Å². The minimum Gasteiger partial charge on any atom is -0.436 e. The average Bonchev–Trinajstić information content (AvgIpc) is 3.09. The number of aliphatic hydroxyl groups excluding tert-OH is 1. The van der Waals surface area contributed by atoms with Gasteiger partial charge in [0, 0.05) is 25.7 Å². The minimum absolute atomic E-state index is 0.0846. The molecule has 2 N–H and O–H groups in total. The Morgan fingerprint density at radius 2 is 2.12 bits per heavy atom. The average molecular weight is 441 g/mol. The molecule has 2 saturated heterocycles. The standard InChI is InChI=1S/C24H32N4O4/c1-3-13-32-23(31)26-20-15-25-21(14-17(20)2)27-11-4-9-24(16-27)10-12-28(22(24)30)18-5-7-19(29)8-6-18/h1,14-15,18-19,29H,4-13,16H2,2H3,(H,26,31)/t18?,19?,24-/m1/s1. The third kappa shape index (κ3) is 4.53. The summed E-state index contributed by atoms with van der Waals surface area (Å²) in [6.07, 6.45) is 12.0. The number of rotatable bonds is 4. The molecule has 0 unspecified atom stereocenters. The molecule has 3 aliphatic rings. The number of anilines is 2. The molecule has 2 aliphatic heterocycles. The summed E-state index contributed by atoms with van der Waals surface area (Å²) < 4.78 is 4.86. The summed E-state index contributed by atoms with van der Waals surface area (Å²) in [4.78, 5) is 34.1. The SMILES string of the molecule is C#CCOC(=O)Nc1cnc(N2CCC[C@@]3(CCN(C4CCC(O)CC4)C3=O)C2)cc1C. The van der Waals surface area contributed by atoms with Crippen molar-refractivity contribution in [3.05, 3.63) is 17.8 Å². The first-order valence-electron chi connectivity index (χ1n) is 11.5. The van der Waals surface area contributed by atoms with E-state index in [0.29, 0.717) is 12.2 Å². The number of pyridine rings is 1. The van der Waals surface area contributed by atoms with Crippen LogP contribution >= 0.6 is 0 Å². The maximum Gasteiger partial charge on any atom is 0.412 e. The third-order valence-corrected chi connectivity index (χ3v) is 7.17. The smallest absolute Gasteiger partial charge is 0.412 e. The van der Waals surface area contributed by atoms with Gasteiger partial charge in [-0.1, -0.05) is 5.92 Å². The highest BCUT2D eigenvalue weighted by Crippen LogP contribution is 2.43. The molecule has 0 radical (unpaired) electrons. The normalized spacial score (nSPS) is 28.0. The van der Waals surface area contributed by atoms with Gasteiger partial charge in [0.05, 0.1) is 23.4 Å². The summed E-state index contributed by atoms with van der Waals surface area (Å²) in [6.45, 7) is 4.15. The summed E-state index contributed by atoms with van der Waals surface area (Å²) in [5.74, 6) is 3.35. The molecule has 1 spiro atoms. The Morgan fingerprint density at radius 1 is 1.34 bits per heavy atom. The molecule has 1 aromatic heterocycles. The summed E-state index contributed by atoms with van der Waals surface area (Å²) >= 11 is 0. The van der Waals surface area contributed by atoms with E-state index in [2.05, 4.69) is 26.0 Å². The van der Waals surface area contributed by atoms with Gasteiger partial charge in [-0.25, -0.2) is 9.78 Å². The van der Waals surface area contributed by atoms with E-state index in [1.54, 1.807) is 6.20 Å². The summed E-state index contributed by atoms with van der Waals surface area (Å²) in [7, 11) is 0. The van der Waals surface area contributed by atoms with Crippen molar-refractivity contribution in [2.45, 2.75) is 64.0 Å². The fourth-order valence-electron chi connectivity index (χ4n) is 5.37. The summed E-state index contributed by atoms with van der Waals surface area (Å²) in [5, 5.41) is 12.5. The van der Waals surface area contributed by atoms with Gasteiger partial charge in [-0.3, -0.25) is 10.1 Å². The second-order valence-corrected chi connectivity index (χ2v) is 9.28. The molecule has 1 atom stereocenters. The van der Waals surface area contributed by atoms with Gasteiger partial charge in [-0.2, -0.15) is 0 Å². The van der Waals surface area contributed by atoms with Gasteiger partial charge in [0.25, 0.3) is 0 Å². The van der Waals surface area contributed by atoms with Crippen molar-refractivity contribution in [3.8, 4) is 12.3 Å². The maximum absolute atomic E-state index is 13.5. The number of amides is 2. The van der Waals surface area contributed by atoms with Crippen molar-refractivity contribution >= 4 is 23.5 Å². The van der Waals surface area contributed by atoms with Crippen LogP contribution in [0, 0.1) is 24.7 Å². The number of nitrogens with zero attached hydrogens (tertiary/aromatic N) is 3. The van der Waals surface area contributed by atoms with Gasteiger partial charge < -0.3 is 19.6 Å². The molecule has 0 aromatic carbocycles. The van der Waals surface area contributed by atoms with E-state index in [-0.39, 0.29) is 30.1 Å². The fraction of sp³-hybridized carbons (Fsp3) is 0.625. The first-order valence-corrected chi connectivity index (χ1v) is 11.5. The lowest BCUT2D eigenvalue weighted by molar-refractivity contribution is -0.139. The summed E-state index contributed by atoms with van der Waals surface area (Å²) in [6, 6.07) is 2.20. The van der Waals surface area contributed by atoms with E-state index in [0.717, 1.165) is 69.4 Å². The number of nitrogens with one attached hydrogen (secondary N) is 1. The molecule has 3 fully saturated rings. The van der Waals surface area contributed by atoms with Crippen LogP contribution in [0.15, 0.2) is 12.3 Å². The number of hydrogen-bond donors (Lipinski definition) is 2. The molecule has 1 aromatic rings. The number of terminal acetylenes is 1. The van der Waals surface area contributed by atoms with Crippen LogP contribution in [-0.2, 0) is 9.53 Å². The number of carbonyl (C=O) groups is 2. The van der Waals surface area contributed by atoms with Crippen LogP contribution in [0.1, 0.15) is 50.5 Å². The number of piperidine rings is 1. The third-order valence-electron chi connectivity index (χ3n) is 7.17. The molecule has 172 valence electrons. The van der Waals surface area contributed by atoms with Crippen molar-refractivity contribution in [3.63, 3.8) is 0 Å². The Bertz CT molecular complexity index is 906. The van der Waals surface area contributed by atoms with Gasteiger partial charge in [-0.05, 0) is 63.5 Å². The van der Waals surface area contributed by atoms with Crippen LogP contribution in [0.4, 0.5) is 16.3 Å². The van der Waals surface area contributed by atoms with Crippen molar-refractivity contribution in [1.29, 1.82) is 0 Å². The Morgan fingerprint density at radius 3 is 2.84 bits per heavy atom. The molecule has 8 nitrogen and oxygen atoms in total. The van der Waals surface area contributed by atoms with Gasteiger partial charge in [0.2, 0.25) is 5.91 Å². The highest BCUT2D eigenvalue weighted by atomic mass is 16.5. The zero-order valence-corrected chi connectivity index (χ0v) is 18.7. The molecule has 0 bridgehead atoms. The molecule has 4 rings (SSSR count). The predicted octanol–water partition coefficient (Wildman–Crippen LogP) is 2.69. The van der Waals surface area contributed by atoms with Crippen LogP contribution in [0.3, 0.4) is 0 Å². The van der Waals surface area contributed by atoms with E-state index < -0.39 is 6.09 Å². The molecular weight excluding hydrogens is 408 g/mol. The number of hydrogen-bond acceptors (Lipinski definition) is 6. The Labute approximate surface area is 189 Å². The number of aryl methyl sites for hydroxylation is 1. The Hall–Kier alpha value is -2.79. The van der Waals surface area contributed by atoms with Crippen LogP contribution in [0.25, 0.3) is 0 Å². The topological polar surface area (TPSA) is 95.0 Å². The Balaban J connectivity index is 1.43. The molecule has 8 heteroatoms. The monoisotopic (exact) mass is 440 g/mol. The highest BCUT2D eigenvalue weighted by molar-refractivity contribution is 5.87. The van der Waals surface area contributed by atoms with Crippen molar-refractivity contribution < 1.29 is 19.4 Å². The molecule has 3 heterocycles. The predicted molar refractivity (Wildman–Crippen MR) is 121 cm³/mol. The van der Waals surface area contributed by atoms with Gasteiger partial charge in [-0.15, -0.1) is 6.42 Å². The van der Waals surface area contributed by atoms with Crippen molar-refractivity contribution in [2.24, 2.45) is 5.41 Å². The highest BCUT2D eigenvalue weighted by Gasteiger charge is 2.50. The number of aliphatic hydroxyl groups is 1. The first-order chi connectivity index (χ1) is 15.4. The van der Waals surface area contributed by atoms with E-state index >= 15 is 0 Å². The second kappa shape index (κ2) is 9.37. The van der Waals surface area contributed by atoms with E-state index in [4.69, 9.17) is 11.2 Å². The minimum atomic E-state index is -0.607. The lowest BCUT2D eigenvalue weighted by atomic mass is 9.78. The van der Waals surface area contributed by atoms with Gasteiger partial charge in [0.1, 0.15) is 5.82 Å². The number of likely N-dealkylation sites (tertiary alicyclic amines) is 1. The molecule has 1 saturated carbocycles. The zero-order valence-electron chi connectivity index (χ0n) is 18.7. The number of ether oxygens (including phenoxy) is 1. The number of aromatic nitrogens is 1. The summed E-state index contributed by atoms with van der Waals surface area (Å²) in [5.41, 5.74) is 1.09. The molecule has 1 aliphatic carbocycles. The lowest BCUT2D eigenvalue weighted by Gasteiger charge is -2.41. The fourth-order valence-corrected chi connectivity index (χ4v) is 5.37. The lowest BCUT2D eigenvalue weighted by Crippen LogP contribution is -2.50. The van der Waals surface area contributed by atoms with Crippen LogP contribution in [0.5, 0.6) is 0 Å². The van der Waals surface area contributed by atoms with E-state index in [1.165, 1.54) is 0 Å². The van der Waals surface area contributed by atoms with Crippen LogP contribution in [-0.4, -0.2) is 65.4 Å². The molecule has 2 amide bonds. The van der Waals surface area contributed by atoms with Gasteiger partial charge in [0.15, 0.2) is 6.61 Å². The van der Waals surface area contributed by atoms with Gasteiger partial charge >= 0.3 is 6.09 Å².